The Morgan fingerprint density at radius 1 is 1.09 bits per heavy atom. The molecule has 3 atom stereocenters. The lowest BCUT2D eigenvalue weighted by molar-refractivity contribution is 0.0783. The fraction of sp³-hybridized carbons (Fsp3) is 0.308. The number of aliphatic hydroxyl groups excluding tert-OH is 1. The van der Waals surface area contributed by atoms with Gasteiger partial charge in [0.05, 0.1) is 18.3 Å². The topological polar surface area (TPSA) is 91.5 Å². The Hall–Kier alpha value is -3.22. The molecule has 4 N–H and O–H groups in total. The van der Waals surface area contributed by atoms with Crippen molar-refractivity contribution in [1.29, 1.82) is 0 Å². The van der Waals surface area contributed by atoms with Crippen LogP contribution in [0, 0.1) is 0 Å². The van der Waals surface area contributed by atoms with Gasteiger partial charge in [0.2, 0.25) is 0 Å². The number of anilines is 1. The Morgan fingerprint density at radius 2 is 1.84 bits per heavy atom. The number of aliphatic hydroxyl groups is 1. The lowest BCUT2D eigenvalue weighted by Gasteiger charge is -2.20. The maximum absolute atomic E-state index is 12.8. The third kappa shape index (κ3) is 5.33. The summed E-state index contributed by atoms with van der Waals surface area (Å²) in [5.41, 5.74) is 9.26. The van der Waals surface area contributed by atoms with Crippen LogP contribution in [0.25, 0.3) is 0 Å². The standard InChI is InChI=1S/C26H30N4O2/c1-30(17-22-8-5-9-24(27)29-22)26(32)20-12-10-18(11-13-20)16-21-14-15-23(28-21)25(31)19-6-3-2-4-7-19/h2-13,21,23,25,28,31H,14-17H2,1H3,(H2,27,29)/t21?,23-,25?/m1/s1. The van der Waals surface area contributed by atoms with Crippen molar-refractivity contribution in [3.05, 3.63) is 95.2 Å². The van der Waals surface area contributed by atoms with Crippen molar-refractivity contribution in [3.8, 4) is 0 Å². The molecule has 0 bridgehead atoms. The fourth-order valence-corrected chi connectivity index (χ4v) is 4.33. The molecule has 1 fully saturated rings. The first-order valence-electron chi connectivity index (χ1n) is 11.0. The number of hydrogen-bond acceptors (Lipinski definition) is 5. The summed E-state index contributed by atoms with van der Waals surface area (Å²) in [5, 5.41) is 14.2. The molecule has 2 unspecified atom stereocenters. The van der Waals surface area contributed by atoms with Crippen molar-refractivity contribution in [2.45, 2.75) is 44.0 Å². The minimum absolute atomic E-state index is 0.0502. The van der Waals surface area contributed by atoms with Crippen LogP contribution in [0.2, 0.25) is 0 Å². The normalized spacial score (nSPS) is 18.9. The van der Waals surface area contributed by atoms with Crippen LogP contribution in [0.15, 0.2) is 72.8 Å². The molecule has 2 heterocycles. The molecule has 32 heavy (non-hydrogen) atoms. The van der Waals surface area contributed by atoms with Gasteiger partial charge in [-0.05, 0) is 54.7 Å². The largest absolute Gasteiger partial charge is 0.387 e. The third-order valence-corrected chi connectivity index (χ3v) is 6.06. The molecule has 1 aromatic heterocycles. The Labute approximate surface area is 189 Å². The summed E-state index contributed by atoms with van der Waals surface area (Å²) in [7, 11) is 1.77. The van der Waals surface area contributed by atoms with E-state index in [1.54, 1.807) is 18.0 Å². The predicted molar refractivity (Wildman–Crippen MR) is 126 cm³/mol. The average molecular weight is 431 g/mol. The van der Waals surface area contributed by atoms with E-state index >= 15 is 0 Å². The van der Waals surface area contributed by atoms with Gasteiger partial charge in [-0.25, -0.2) is 4.98 Å². The third-order valence-electron chi connectivity index (χ3n) is 6.06. The van der Waals surface area contributed by atoms with E-state index in [1.807, 2.05) is 66.7 Å². The van der Waals surface area contributed by atoms with Gasteiger partial charge < -0.3 is 21.1 Å². The van der Waals surface area contributed by atoms with Crippen LogP contribution in [0.1, 0.15) is 46.1 Å². The molecule has 0 saturated carbocycles. The van der Waals surface area contributed by atoms with E-state index in [0.29, 0.717) is 24.0 Å². The van der Waals surface area contributed by atoms with Crippen LogP contribution in [0.5, 0.6) is 0 Å². The number of benzene rings is 2. The van der Waals surface area contributed by atoms with Crippen LogP contribution in [-0.2, 0) is 13.0 Å². The van der Waals surface area contributed by atoms with E-state index < -0.39 is 6.10 Å². The van der Waals surface area contributed by atoms with E-state index in [9.17, 15) is 9.90 Å². The summed E-state index contributed by atoms with van der Waals surface area (Å²) in [6.45, 7) is 0.406. The van der Waals surface area contributed by atoms with Gasteiger partial charge in [0, 0.05) is 24.7 Å². The summed E-state index contributed by atoms with van der Waals surface area (Å²) in [4.78, 5) is 18.7. The molecule has 6 nitrogen and oxygen atoms in total. The van der Waals surface area contributed by atoms with Crippen molar-refractivity contribution in [2.75, 3.05) is 12.8 Å². The van der Waals surface area contributed by atoms with Crippen LogP contribution in [0.3, 0.4) is 0 Å². The first-order chi connectivity index (χ1) is 15.5. The summed E-state index contributed by atoms with van der Waals surface area (Å²) < 4.78 is 0. The summed E-state index contributed by atoms with van der Waals surface area (Å²) in [6, 6.07) is 23.4. The molecule has 3 aromatic rings. The molecule has 0 radical (unpaired) electrons. The van der Waals surface area contributed by atoms with Crippen molar-refractivity contribution < 1.29 is 9.90 Å². The number of carbonyl (C=O) groups is 1. The van der Waals surface area contributed by atoms with Crippen molar-refractivity contribution >= 4 is 11.7 Å². The molecular weight excluding hydrogens is 400 g/mol. The second-order valence-corrected chi connectivity index (χ2v) is 8.52. The maximum Gasteiger partial charge on any atom is 0.253 e. The number of rotatable bonds is 7. The number of carbonyl (C=O) groups excluding carboxylic acids is 1. The summed E-state index contributed by atoms with van der Waals surface area (Å²) >= 11 is 0. The molecule has 1 aliphatic heterocycles. The smallest absolute Gasteiger partial charge is 0.253 e. The lowest BCUT2D eigenvalue weighted by Crippen LogP contribution is -2.35. The number of nitrogens with one attached hydrogen (secondary N) is 1. The molecule has 166 valence electrons. The average Bonchev–Trinajstić information content (AvgIpc) is 3.27. The fourth-order valence-electron chi connectivity index (χ4n) is 4.33. The molecule has 1 amide bonds. The Kier molecular flexibility index (Phi) is 6.83. The molecule has 1 aliphatic rings. The number of amides is 1. The van der Waals surface area contributed by atoms with Gasteiger partial charge in [0.15, 0.2) is 0 Å². The summed E-state index contributed by atoms with van der Waals surface area (Å²) in [5.74, 6) is 0.401. The number of nitrogen functional groups attached to an aromatic ring is 1. The molecule has 1 saturated heterocycles. The molecule has 4 rings (SSSR count). The number of aromatic nitrogens is 1. The molecule has 0 aliphatic carbocycles. The lowest BCUT2D eigenvalue weighted by atomic mass is 10.0. The highest BCUT2D eigenvalue weighted by molar-refractivity contribution is 5.94. The second kappa shape index (κ2) is 9.94. The monoisotopic (exact) mass is 430 g/mol. The Morgan fingerprint density at radius 3 is 2.56 bits per heavy atom. The zero-order valence-corrected chi connectivity index (χ0v) is 18.3. The SMILES string of the molecule is CN(Cc1cccc(N)n1)C(=O)c1ccc(CC2CC[C@H](C(O)c3ccccc3)N2)cc1. The van der Waals surface area contributed by atoms with E-state index in [0.717, 1.165) is 30.5 Å². The van der Waals surface area contributed by atoms with Gasteiger partial charge >= 0.3 is 0 Å². The minimum Gasteiger partial charge on any atom is -0.387 e. The highest BCUT2D eigenvalue weighted by atomic mass is 16.3. The van der Waals surface area contributed by atoms with Gasteiger partial charge in [-0.2, -0.15) is 0 Å². The number of hydrogen-bond donors (Lipinski definition) is 3. The highest BCUT2D eigenvalue weighted by Crippen LogP contribution is 2.26. The second-order valence-electron chi connectivity index (χ2n) is 8.52. The Balaban J connectivity index is 1.31. The Bertz CT molecular complexity index is 1040. The highest BCUT2D eigenvalue weighted by Gasteiger charge is 2.29. The number of pyridine rings is 1. The van der Waals surface area contributed by atoms with Gasteiger partial charge in [0.25, 0.3) is 5.91 Å². The van der Waals surface area contributed by atoms with Crippen molar-refractivity contribution in [2.24, 2.45) is 0 Å². The minimum atomic E-state index is -0.494. The predicted octanol–water partition coefficient (Wildman–Crippen LogP) is 3.33. The van der Waals surface area contributed by atoms with Gasteiger partial charge in [-0.3, -0.25) is 4.79 Å². The van der Waals surface area contributed by atoms with Gasteiger partial charge in [-0.15, -0.1) is 0 Å². The molecule has 0 spiro atoms. The van der Waals surface area contributed by atoms with Crippen LogP contribution in [-0.4, -0.2) is 40.0 Å². The first kappa shape index (κ1) is 22.0. The molecule has 2 aromatic carbocycles. The van der Waals surface area contributed by atoms with Gasteiger partial charge in [-0.1, -0.05) is 48.5 Å². The molecular formula is C26H30N4O2. The van der Waals surface area contributed by atoms with Crippen LogP contribution < -0.4 is 11.1 Å². The molecule has 6 heteroatoms. The zero-order valence-electron chi connectivity index (χ0n) is 18.3. The van der Waals surface area contributed by atoms with Crippen molar-refractivity contribution in [3.63, 3.8) is 0 Å². The maximum atomic E-state index is 12.8. The van der Waals surface area contributed by atoms with E-state index in [2.05, 4.69) is 10.3 Å². The quantitative estimate of drug-likeness (QED) is 0.535. The van der Waals surface area contributed by atoms with E-state index in [1.165, 1.54) is 5.56 Å². The van der Waals surface area contributed by atoms with Crippen LogP contribution >= 0.6 is 0 Å². The number of nitrogens with zero attached hydrogens (tertiary/aromatic N) is 2. The van der Waals surface area contributed by atoms with E-state index in [-0.39, 0.29) is 11.9 Å². The zero-order chi connectivity index (χ0) is 22.5. The summed E-state index contributed by atoms with van der Waals surface area (Å²) in [6.07, 6.45) is 2.34. The first-order valence-corrected chi connectivity index (χ1v) is 11.0. The number of nitrogens with two attached hydrogens (primary N) is 1. The van der Waals surface area contributed by atoms with Crippen molar-refractivity contribution in [1.82, 2.24) is 15.2 Å². The van der Waals surface area contributed by atoms with E-state index in [4.69, 9.17) is 5.73 Å². The van der Waals surface area contributed by atoms with Crippen LogP contribution in [0.4, 0.5) is 5.82 Å². The van der Waals surface area contributed by atoms with Gasteiger partial charge in [0.1, 0.15) is 5.82 Å².